The molecule has 0 saturated carbocycles. The quantitative estimate of drug-likeness (QED) is 0.605. The van der Waals surface area contributed by atoms with Crippen LogP contribution in [-0.4, -0.2) is 18.7 Å². The van der Waals surface area contributed by atoms with E-state index in [2.05, 4.69) is 25.6 Å². The summed E-state index contributed by atoms with van der Waals surface area (Å²) in [6.07, 6.45) is 1.12. The third-order valence-corrected chi connectivity index (χ3v) is 1.93. The molecule has 0 fully saturated rings. The molecule has 0 heterocycles. The molecule has 3 nitrogen and oxygen atoms in total. The lowest BCUT2D eigenvalue weighted by molar-refractivity contribution is 0.487. The van der Waals surface area contributed by atoms with Gasteiger partial charge >= 0.3 is 0 Å². The highest BCUT2D eigenvalue weighted by molar-refractivity contribution is 7.85. The molecule has 1 aromatic rings. The van der Waals surface area contributed by atoms with Gasteiger partial charge in [0.25, 0.3) is 10.1 Å². The second-order valence-electron chi connectivity index (χ2n) is 2.69. The fourth-order valence-electron chi connectivity index (χ4n) is 0.683. The first kappa shape index (κ1) is 12.9. The molecule has 4 heteroatoms. The predicted octanol–water partition coefficient (Wildman–Crippen LogP) is 2.06. The summed E-state index contributed by atoms with van der Waals surface area (Å²) in [7, 11) is -3.79. The molecule has 0 aromatic heterocycles. The lowest BCUT2D eigenvalue weighted by atomic mass is 10.2. The van der Waals surface area contributed by atoms with Gasteiger partial charge in [-0.15, -0.1) is 6.58 Å². The van der Waals surface area contributed by atoms with E-state index >= 15 is 0 Å². The van der Waals surface area contributed by atoms with Crippen molar-refractivity contribution in [2.45, 2.75) is 6.92 Å². The van der Waals surface area contributed by atoms with Gasteiger partial charge in [0.15, 0.2) is 0 Å². The first-order valence-corrected chi connectivity index (χ1v) is 5.64. The molecule has 0 amide bonds. The van der Waals surface area contributed by atoms with Crippen LogP contribution in [0.15, 0.2) is 43.0 Å². The van der Waals surface area contributed by atoms with Gasteiger partial charge in [0.05, 0.1) is 5.75 Å². The van der Waals surface area contributed by atoms with Crippen molar-refractivity contribution < 1.29 is 13.0 Å². The molecule has 14 heavy (non-hydrogen) atoms. The van der Waals surface area contributed by atoms with E-state index in [-0.39, 0.29) is 5.75 Å². The zero-order valence-electron chi connectivity index (χ0n) is 8.05. The van der Waals surface area contributed by atoms with Crippen molar-refractivity contribution in [3.05, 3.63) is 48.6 Å². The van der Waals surface area contributed by atoms with Gasteiger partial charge in [-0.25, -0.2) is 0 Å². The van der Waals surface area contributed by atoms with Crippen LogP contribution in [0.1, 0.15) is 5.56 Å². The topological polar surface area (TPSA) is 54.4 Å². The number of hydrogen-bond donors (Lipinski definition) is 1. The van der Waals surface area contributed by atoms with Crippen molar-refractivity contribution in [3.63, 3.8) is 0 Å². The summed E-state index contributed by atoms with van der Waals surface area (Å²) in [5.41, 5.74) is 1.32. The number of benzene rings is 1. The summed E-state index contributed by atoms with van der Waals surface area (Å²) in [5.74, 6) is -0.368. The zero-order valence-corrected chi connectivity index (χ0v) is 8.87. The van der Waals surface area contributed by atoms with Crippen LogP contribution in [0.3, 0.4) is 0 Å². The van der Waals surface area contributed by atoms with Crippen molar-refractivity contribution in [2.75, 3.05) is 5.75 Å². The lowest BCUT2D eigenvalue weighted by Crippen LogP contribution is -1.99. The van der Waals surface area contributed by atoms with Crippen LogP contribution in [-0.2, 0) is 10.1 Å². The van der Waals surface area contributed by atoms with Gasteiger partial charge in [-0.3, -0.25) is 4.55 Å². The number of hydrogen-bond acceptors (Lipinski definition) is 2. The SMILES string of the molecule is C=CCS(=O)(=O)O.Cc1ccccc1. The van der Waals surface area contributed by atoms with Crippen molar-refractivity contribution >= 4 is 10.1 Å². The minimum Gasteiger partial charge on any atom is -0.285 e. The molecule has 1 rings (SSSR count). The molecule has 0 unspecified atom stereocenters. The maximum absolute atomic E-state index is 9.72. The third-order valence-electron chi connectivity index (χ3n) is 1.27. The molecule has 0 aliphatic rings. The molecule has 0 bridgehead atoms. The summed E-state index contributed by atoms with van der Waals surface area (Å²) in [6.45, 7) is 5.19. The van der Waals surface area contributed by atoms with E-state index in [4.69, 9.17) is 4.55 Å². The zero-order chi connectivity index (χ0) is 11.0. The van der Waals surface area contributed by atoms with Crippen LogP contribution in [0.25, 0.3) is 0 Å². The maximum atomic E-state index is 9.72. The van der Waals surface area contributed by atoms with Crippen LogP contribution in [0.2, 0.25) is 0 Å². The van der Waals surface area contributed by atoms with E-state index in [1.54, 1.807) is 0 Å². The molecule has 0 aliphatic carbocycles. The lowest BCUT2D eigenvalue weighted by Gasteiger charge is -1.82. The highest BCUT2D eigenvalue weighted by Crippen LogP contribution is 1.92. The molecule has 0 aliphatic heterocycles. The van der Waals surface area contributed by atoms with Crippen LogP contribution in [0.4, 0.5) is 0 Å². The maximum Gasteiger partial charge on any atom is 0.268 e. The largest absolute Gasteiger partial charge is 0.285 e. The number of rotatable bonds is 2. The van der Waals surface area contributed by atoms with Gasteiger partial charge in [0.1, 0.15) is 0 Å². The molecular formula is C10H14O3S. The summed E-state index contributed by atoms with van der Waals surface area (Å²) in [5, 5.41) is 0. The molecule has 78 valence electrons. The van der Waals surface area contributed by atoms with Crippen molar-refractivity contribution in [3.8, 4) is 0 Å². The van der Waals surface area contributed by atoms with Crippen molar-refractivity contribution in [2.24, 2.45) is 0 Å². The summed E-state index contributed by atoms with van der Waals surface area (Å²) < 4.78 is 27.3. The Hall–Kier alpha value is -1.13. The Balaban J connectivity index is 0.000000241. The minimum atomic E-state index is -3.79. The average molecular weight is 214 g/mol. The first-order chi connectivity index (χ1) is 6.45. The second kappa shape index (κ2) is 6.34. The monoisotopic (exact) mass is 214 g/mol. The number of aryl methyl sites for hydroxylation is 1. The van der Waals surface area contributed by atoms with E-state index in [1.165, 1.54) is 5.56 Å². The standard InChI is InChI=1S/C7H8.C3H6O3S/c1-7-5-3-2-4-6-7;1-2-3-7(4,5)6/h2-6H,1H3;2H,1,3H2,(H,4,5,6). The Morgan fingerprint density at radius 2 is 1.86 bits per heavy atom. The predicted molar refractivity (Wildman–Crippen MR) is 57.8 cm³/mol. The molecule has 0 atom stereocenters. The minimum absolute atomic E-state index is 0.368. The van der Waals surface area contributed by atoms with E-state index in [0.717, 1.165) is 6.08 Å². The van der Waals surface area contributed by atoms with Gasteiger partial charge in [0, 0.05) is 0 Å². The van der Waals surface area contributed by atoms with Gasteiger partial charge < -0.3 is 0 Å². The Bertz CT molecular complexity index is 354. The van der Waals surface area contributed by atoms with E-state index in [9.17, 15) is 8.42 Å². The van der Waals surface area contributed by atoms with Crippen LogP contribution < -0.4 is 0 Å². The van der Waals surface area contributed by atoms with Gasteiger partial charge in [-0.1, -0.05) is 42.0 Å². The van der Waals surface area contributed by atoms with Crippen LogP contribution in [0, 0.1) is 6.92 Å². The summed E-state index contributed by atoms with van der Waals surface area (Å²) in [4.78, 5) is 0. The average Bonchev–Trinajstić information content (AvgIpc) is 2.04. The fraction of sp³-hybridized carbons (Fsp3) is 0.200. The fourth-order valence-corrected chi connectivity index (χ4v) is 0.981. The van der Waals surface area contributed by atoms with Crippen molar-refractivity contribution in [1.82, 2.24) is 0 Å². The van der Waals surface area contributed by atoms with Crippen molar-refractivity contribution in [1.29, 1.82) is 0 Å². The molecular weight excluding hydrogens is 200 g/mol. The molecule has 1 aromatic carbocycles. The normalized spacial score (nSPS) is 9.86. The van der Waals surface area contributed by atoms with Crippen LogP contribution in [0.5, 0.6) is 0 Å². The Labute approximate surface area is 84.8 Å². The third kappa shape index (κ3) is 8.96. The first-order valence-electron chi connectivity index (χ1n) is 4.03. The molecule has 0 spiro atoms. The summed E-state index contributed by atoms with van der Waals surface area (Å²) >= 11 is 0. The highest BCUT2D eigenvalue weighted by Gasteiger charge is 1.95. The Kier molecular flexibility index (Phi) is 5.83. The van der Waals surface area contributed by atoms with E-state index in [1.807, 2.05) is 18.2 Å². The van der Waals surface area contributed by atoms with Crippen LogP contribution >= 0.6 is 0 Å². The summed E-state index contributed by atoms with van der Waals surface area (Å²) in [6, 6.07) is 10.3. The Morgan fingerprint density at radius 1 is 1.36 bits per heavy atom. The Morgan fingerprint density at radius 3 is 2.00 bits per heavy atom. The molecule has 0 radical (unpaired) electrons. The molecule has 0 saturated heterocycles. The van der Waals surface area contributed by atoms with E-state index < -0.39 is 10.1 Å². The van der Waals surface area contributed by atoms with Gasteiger partial charge in [-0.2, -0.15) is 8.42 Å². The van der Waals surface area contributed by atoms with E-state index in [0.29, 0.717) is 0 Å². The smallest absolute Gasteiger partial charge is 0.268 e. The van der Waals surface area contributed by atoms with Gasteiger partial charge in [0.2, 0.25) is 0 Å². The molecule has 1 N–H and O–H groups in total. The van der Waals surface area contributed by atoms with Gasteiger partial charge in [-0.05, 0) is 6.92 Å². The highest BCUT2D eigenvalue weighted by atomic mass is 32.2. The second-order valence-corrected chi connectivity index (χ2v) is 4.19.